The molecule has 1 aliphatic carbocycles. The van der Waals surface area contributed by atoms with Crippen molar-refractivity contribution in [2.75, 3.05) is 5.32 Å². The van der Waals surface area contributed by atoms with E-state index in [9.17, 15) is 0 Å². The minimum absolute atomic E-state index is 0.347. The fourth-order valence-electron chi connectivity index (χ4n) is 2.95. The Kier molecular flexibility index (Phi) is 4.02. The molecule has 0 aliphatic heterocycles. The van der Waals surface area contributed by atoms with Crippen molar-refractivity contribution in [1.82, 2.24) is 9.78 Å². The lowest BCUT2D eigenvalue weighted by Gasteiger charge is -2.29. The van der Waals surface area contributed by atoms with E-state index in [2.05, 4.69) is 34.7 Å². The molecular formula is C16H22N4. The van der Waals surface area contributed by atoms with Gasteiger partial charge in [-0.15, -0.1) is 0 Å². The average Bonchev–Trinajstić information content (AvgIpc) is 2.94. The van der Waals surface area contributed by atoms with Gasteiger partial charge in [-0.25, -0.2) is 0 Å². The summed E-state index contributed by atoms with van der Waals surface area (Å²) >= 11 is 0. The highest BCUT2D eigenvalue weighted by Crippen LogP contribution is 2.23. The highest BCUT2D eigenvalue weighted by Gasteiger charge is 2.19. The van der Waals surface area contributed by atoms with E-state index in [1.165, 1.54) is 24.1 Å². The van der Waals surface area contributed by atoms with E-state index in [1.54, 1.807) is 0 Å². The Morgan fingerprint density at radius 3 is 2.95 bits per heavy atom. The van der Waals surface area contributed by atoms with Gasteiger partial charge in [-0.2, -0.15) is 5.10 Å². The Balaban J connectivity index is 1.72. The predicted molar refractivity (Wildman–Crippen MR) is 81.6 cm³/mol. The minimum Gasteiger partial charge on any atom is -0.382 e. The first kappa shape index (κ1) is 13.2. The van der Waals surface area contributed by atoms with Crippen LogP contribution < -0.4 is 11.1 Å². The topological polar surface area (TPSA) is 55.9 Å². The van der Waals surface area contributed by atoms with Gasteiger partial charge in [-0.3, -0.25) is 4.68 Å². The number of aromatic nitrogens is 2. The quantitative estimate of drug-likeness (QED) is 0.898. The van der Waals surface area contributed by atoms with Crippen LogP contribution in [0.5, 0.6) is 0 Å². The van der Waals surface area contributed by atoms with Gasteiger partial charge in [-0.1, -0.05) is 18.2 Å². The number of hydrogen-bond acceptors (Lipinski definition) is 3. The maximum absolute atomic E-state index is 6.07. The van der Waals surface area contributed by atoms with Crippen molar-refractivity contribution in [3.63, 3.8) is 0 Å². The second-order valence-electron chi connectivity index (χ2n) is 5.63. The van der Waals surface area contributed by atoms with Crippen molar-refractivity contribution >= 4 is 5.69 Å². The van der Waals surface area contributed by atoms with Gasteiger partial charge in [0.2, 0.25) is 0 Å². The SMILES string of the molecule is NC1CCCC(Nc2ccccc2Cn2cccn2)C1. The highest BCUT2D eigenvalue weighted by atomic mass is 15.3. The summed E-state index contributed by atoms with van der Waals surface area (Å²) in [5.41, 5.74) is 8.56. The van der Waals surface area contributed by atoms with Crippen LogP contribution >= 0.6 is 0 Å². The largest absolute Gasteiger partial charge is 0.382 e. The molecule has 1 aromatic heterocycles. The van der Waals surface area contributed by atoms with Crippen molar-refractivity contribution in [2.45, 2.75) is 44.3 Å². The first-order chi connectivity index (χ1) is 9.81. The van der Waals surface area contributed by atoms with E-state index in [1.807, 2.05) is 23.1 Å². The van der Waals surface area contributed by atoms with Crippen LogP contribution in [0.15, 0.2) is 42.7 Å². The van der Waals surface area contributed by atoms with Crippen LogP contribution in [0.3, 0.4) is 0 Å². The van der Waals surface area contributed by atoms with E-state index in [4.69, 9.17) is 5.73 Å². The van der Waals surface area contributed by atoms with Gasteiger partial charge in [0.1, 0.15) is 0 Å². The first-order valence-electron chi connectivity index (χ1n) is 7.39. The van der Waals surface area contributed by atoms with E-state index in [0.717, 1.165) is 19.4 Å². The van der Waals surface area contributed by atoms with Crippen molar-refractivity contribution in [2.24, 2.45) is 5.73 Å². The molecule has 0 spiro atoms. The molecule has 1 aliphatic rings. The molecule has 0 bridgehead atoms. The summed E-state index contributed by atoms with van der Waals surface area (Å²) in [6.45, 7) is 0.801. The lowest BCUT2D eigenvalue weighted by Crippen LogP contribution is -2.35. The molecular weight excluding hydrogens is 248 g/mol. The molecule has 0 saturated heterocycles. The van der Waals surface area contributed by atoms with E-state index < -0.39 is 0 Å². The van der Waals surface area contributed by atoms with Crippen LogP contribution in [0.4, 0.5) is 5.69 Å². The van der Waals surface area contributed by atoms with Gasteiger partial charge in [0.05, 0.1) is 6.54 Å². The molecule has 1 fully saturated rings. The maximum Gasteiger partial charge on any atom is 0.0679 e. The van der Waals surface area contributed by atoms with Gasteiger partial charge in [0.25, 0.3) is 0 Å². The average molecular weight is 270 g/mol. The number of nitrogens with one attached hydrogen (secondary N) is 1. The molecule has 20 heavy (non-hydrogen) atoms. The third-order valence-corrected chi connectivity index (χ3v) is 3.98. The van der Waals surface area contributed by atoms with Gasteiger partial charge in [-0.05, 0) is 43.4 Å². The van der Waals surface area contributed by atoms with E-state index in [-0.39, 0.29) is 0 Å². The molecule has 2 unspecified atom stereocenters. The summed E-state index contributed by atoms with van der Waals surface area (Å²) in [4.78, 5) is 0. The first-order valence-corrected chi connectivity index (χ1v) is 7.39. The maximum atomic E-state index is 6.07. The third-order valence-electron chi connectivity index (χ3n) is 3.98. The summed E-state index contributed by atoms with van der Waals surface area (Å²) in [5.74, 6) is 0. The Morgan fingerprint density at radius 2 is 2.15 bits per heavy atom. The Morgan fingerprint density at radius 1 is 1.25 bits per heavy atom. The fourth-order valence-corrected chi connectivity index (χ4v) is 2.95. The normalized spacial score (nSPS) is 22.6. The minimum atomic E-state index is 0.347. The monoisotopic (exact) mass is 270 g/mol. The molecule has 0 amide bonds. The number of nitrogens with zero attached hydrogens (tertiary/aromatic N) is 2. The number of para-hydroxylation sites is 1. The Labute approximate surface area is 120 Å². The number of nitrogens with two attached hydrogens (primary N) is 1. The summed E-state index contributed by atoms with van der Waals surface area (Å²) < 4.78 is 1.95. The number of benzene rings is 1. The van der Waals surface area contributed by atoms with Gasteiger partial charge in [0, 0.05) is 30.2 Å². The van der Waals surface area contributed by atoms with Crippen molar-refractivity contribution in [3.8, 4) is 0 Å². The van der Waals surface area contributed by atoms with Gasteiger partial charge < -0.3 is 11.1 Å². The molecule has 0 radical (unpaired) electrons. The zero-order valence-electron chi connectivity index (χ0n) is 11.7. The lowest BCUT2D eigenvalue weighted by molar-refractivity contribution is 0.409. The van der Waals surface area contributed by atoms with Crippen LogP contribution in [0, 0.1) is 0 Å². The fraction of sp³-hybridized carbons (Fsp3) is 0.438. The van der Waals surface area contributed by atoms with Gasteiger partial charge in [0.15, 0.2) is 0 Å². The molecule has 4 nitrogen and oxygen atoms in total. The van der Waals surface area contributed by atoms with Crippen LogP contribution in [0.2, 0.25) is 0 Å². The number of hydrogen-bond donors (Lipinski definition) is 2. The standard InChI is InChI=1S/C16H22N4/c17-14-6-3-7-15(11-14)19-16-8-2-1-5-13(16)12-20-10-4-9-18-20/h1-2,4-5,8-10,14-15,19H,3,6-7,11-12,17H2. The molecule has 1 saturated carbocycles. The number of rotatable bonds is 4. The zero-order valence-corrected chi connectivity index (χ0v) is 11.7. The third kappa shape index (κ3) is 3.20. The smallest absolute Gasteiger partial charge is 0.0679 e. The van der Waals surface area contributed by atoms with E-state index in [0.29, 0.717) is 12.1 Å². The van der Waals surface area contributed by atoms with Crippen LogP contribution in [0.1, 0.15) is 31.2 Å². The lowest BCUT2D eigenvalue weighted by atomic mass is 9.91. The van der Waals surface area contributed by atoms with Crippen LogP contribution in [-0.2, 0) is 6.54 Å². The Bertz CT molecular complexity index is 535. The van der Waals surface area contributed by atoms with Crippen LogP contribution in [-0.4, -0.2) is 21.9 Å². The van der Waals surface area contributed by atoms with E-state index >= 15 is 0 Å². The summed E-state index contributed by atoms with van der Waals surface area (Å²) in [5, 5.41) is 7.95. The molecule has 2 aromatic rings. The molecule has 4 heteroatoms. The number of anilines is 1. The molecule has 1 heterocycles. The van der Waals surface area contributed by atoms with Crippen molar-refractivity contribution in [3.05, 3.63) is 48.3 Å². The van der Waals surface area contributed by atoms with Crippen LogP contribution in [0.25, 0.3) is 0 Å². The Hall–Kier alpha value is -1.81. The zero-order chi connectivity index (χ0) is 13.8. The predicted octanol–water partition coefficient (Wildman–Crippen LogP) is 2.61. The molecule has 106 valence electrons. The highest BCUT2D eigenvalue weighted by molar-refractivity contribution is 5.52. The van der Waals surface area contributed by atoms with Crippen molar-refractivity contribution in [1.29, 1.82) is 0 Å². The molecule has 1 aromatic carbocycles. The summed E-state index contributed by atoms with van der Waals surface area (Å²) in [6, 6.07) is 11.3. The second-order valence-corrected chi connectivity index (χ2v) is 5.63. The molecule has 2 atom stereocenters. The summed E-state index contributed by atoms with van der Waals surface area (Å²) in [6.07, 6.45) is 8.47. The summed E-state index contributed by atoms with van der Waals surface area (Å²) in [7, 11) is 0. The second kappa shape index (κ2) is 6.09. The molecule has 3 rings (SSSR count). The van der Waals surface area contributed by atoms with Gasteiger partial charge >= 0.3 is 0 Å². The van der Waals surface area contributed by atoms with Crippen molar-refractivity contribution < 1.29 is 0 Å². The molecule has 3 N–H and O–H groups in total.